The lowest BCUT2D eigenvalue weighted by Crippen LogP contribution is -2.43. The van der Waals surface area contributed by atoms with Gasteiger partial charge in [-0.05, 0) is 29.1 Å². The van der Waals surface area contributed by atoms with E-state index in [0.29, 0.717) is 12.1 Å². The van der Waals surface area contributed by atoms with E-state index in [0.717, 1.165) is 15.0 Å². The minimum atomic E-state index is -0.529. The highest BCUT2D eigenvalue weighted by atomic mass is 32.1. The number of hydrogen-bond donors (Lipinski definition) is 1. The quantitative estimate of drug-likeness (QED) is 0.531. The molecule has 0 unspecified atom stereocenters. The predicted molar refractivity (Wildman–Crippen MR) is 112 cm³/mol. The molecule has 29 heavy (non-hydrogen) atoms. The number of benzene rings is 1. The molecule has 0 spiro atoms. The van der Waals surface area contributed by atoms with Crippen LogP contribution < -0.4 is 16.6 Å². The molecule has 1 aromatic carbocycles. The van der Waals surface area contributed by atoms with Gasteiger partial charge in [-0.1, -0.05) is 36.4 Å². The molecule has 3 heterocycles. The third-order valence-electron chi connectivity index (χ3n) is 4.52. The maximum atomic E-state index is 13.1. The van der Waals surface area contributed by atoms with Gasteiger partial charge < -0.3 is 5.32 Å². The van der Waals surface area contributed by atoms with Crippen LogP contribution in [0.4, 0.5) is 0 Å². The third kappa shape index (κ3) is 4.02. The highest BCUT2D eigenvalue weighted by molar-refractivity contribution is 7.09. The Morgan fingerprint density at radius 2 is 1.83 bits per heavy atom. The third-order valence-corrected chi connectivity index (χ3v) is 5.38. The number of carbonyl (C=O) groups excluding carboxylic acids is 1. The van der Waals surface area contributed by atoms with E-state index in [4.69, 9.17) is 0 Å². The molecular weight excluding hydrogens is 388 g/mol. The number of nitrogens with zero attached hydrogens (tertiary/aromatic N) is 3. The lowest BCUT2D eigenvalue weighted by molar-refractivity contribution is -0.121. The second-order valence-corrected chi connectivity index (χ2v) is 7.51. The monoisotopic (exact) mass is 406 g/mol. The van der Waals surface area contributed by atoms with E-state index in [1.807, 2.05) is 47.8 Å². The second-order valence-electron chi connectivity index (χ2n) is 6.47. The molecule has 0 aliphatic carbocycles. The fourth-order valence-electron chi connectivity index (χ4n) is 3.09. The van der Waals surface area contributed by atoms with Crippen molar-refractivity contribution in [3.63, 3.8) is 0 Å². The Kier molecular flexibility index (Phi) is 5.35. The number of carbonyl (C=O) groups is 1. The van der Waals surface area contributed by atoms with Crippen LogP contribution in [0.5, 0.6) is 0 Å². The summed E-state index contributed by atoms with van der Waals surface area (Å²) in [5, 5.41) is 4.70. The number of fused-ring (bicyclic) bond motifs is 1. The van der Waals surface area contributed by atoms with E-state index in [1.165, 1.54) is 22.1 Å². The van der Waals surface area contributed by atoms with E-state index >= 15 is 0 Å². The Bertz CT molecular complexity index is 1260. The lowest BCUT2D eigenvalue weighted by atomic mass is 10.2. The molecule has 4 aromatic rings. The van der Waals surface area contributed by atoms with Crippen LogP contribution in [0.3, 0.4) is 0 Å². The number of hydrogen-bond acceptors (Lipinski definition) is 5. The van der Waals surface area contributed by atoms with E-state index < -0.39 is 11.2 Å². The summed E-state index contributed by atoms with van der Waals surface area (Å²) in [6.07, 6.45) is 1.50. The van der Waals surface area contributed by atoms with E-state index in [9.17, 15) is 14.4 Å². The predicted octanol–water partition coefficient (Wildman–Crippen LogP) is 1.98. The Labute approximate surface area is 169 Å². The van der Waals surface area contributed by atoms with Gasteiger partial charge in [-0.2, -0.15) is 0 Å². The Hall–Kier alpha value is -3.52. The van der Waals surface area contributed by atoms with Crippen molar-refractivity contribution in [1.82, 2.24) is 19.4 Å². The standard InChI is InChI=1S/C21H18N4O3S/c26-18(23-12-15-6-2-1-3-7-15)14-24-17-9-4-10-22-19(17)20(27)25(21(24)28)13-16-8-5-11-29-16/h1-11H,12-14H2,(H,23,26). The fraction of sp³-hybridized carbons (Fsp3) is 0.143. The first-order chi connectivity index (χ1) is 14.1. The molecule has 0 aliphatic rings. The minimum Gasteiger partial charge on any atom is -0.350 e. The van der Waals surface area contributed by atoms with Gasteiger partial charge in [0, 0.05) is 17.6 Å². The van der Waals surface area contributed by atoms with Crippen LogP contribution in [0.25, 0.3) is 11.0 Å². The van der Waals surface area contributed by atoms with Crippen molar-refractivity contribution in [1.29, 1.82) is 0 Å². The van der Waals surface area contributed by atoms with Gasteiger partial charge in [0.15, 0.2) is 5.52 Å². The van der Waals surface area contributed by atoms with Gasteiger partial charge in [0.05, 0.1) is 12.1 Å². The molecule has 4 rings (SSSR count). The number of amides is 1. The molecule has 0 bridgehead atoms. The first kappa shape index (κ1) is 18.8. The molecular formula is C21H18N4O3S. The molecule has 3 aromatic heterocycles. The van der Waals surface area contributed by atoms with Crippen molar-refractivity contribution in [3.05, 3.63) is 97.5 Å². The van der Waals surface area contributed by atoms with Gasteiger partial charge in [-0.25, -0.2) is 9.78 Å². The number of thiophene rings is 1. The summed E-state index contributed by atoms with van der Waals surface area (Å²) < 4.78 is 2.43. The summed E-state index contributed by atoms with van der Waals surface area (Å²) in [5.41, 5.74) is 0.486. The van der Waals surface area contributed by atoms with Crippen LogP contribution in [0.15, 0.2) is 75.8 Å². The maximum absolute atomic E-state index is 13.1. The van der Waals surface area contributed by atoms with Crippen LogP contribution in [-0.4, -0.2) is 20.0 Å². The average Bonchev–Trinajstić information content (AvgIpc) is 3.27. The average molecular weight is 406 g/mol. The van der Waals surface area contributed by atoms with Gasteiger partial charge >= 0.3 is 5.69 Å². The van der Waals surface area contributed by atoms with Crippen molar-refractivity contribution in [2.45, 2.75) is 19.6 Å². The summed E-state index contributed by atoms with van der Waals surface area (Å²) in [5.74, 6) is -0.317. The normalized spacial score (nSPS) is 10.9. The molecule has 0 saturated carbocycles. The molecule has 0 aliphatic heterocycles. The minimum absolute atomic E-state index is 0.146. The smallest absolute Gasteiger partial charge is 0.332 e. The van der Waals surface area contributed by atoms with E-state index in [1.54, 1.807) is 12.1 Å². The van der Waals surface area contributed by atoms with Crippen LogP contribution in [-0.2, 0) is 24.4 Å². The van der Waals surface area contributed by atoms with Crippen molar-refractivity contribution in [3.8, 4) is 0 Å². The number of rotatable bonds is 6. The molecule has 7 nitrogen and oxygen atoms in total. The highest BCUT2D eigenvalue weighted by Gasteiger charge is 2.16. The van der Waals surface area contributed by atoms with Crippen molar-refractivity contribution < 1.29 is 4.79 Å². The summed E-state index contributed by atoms with van der Waals surface area (Å²) in [6.45, 7) is 0.311. The fourth-order valence-corrected chi connectivity index (χ4v) is 3.78. The van der Waals surface area contributed by atoms with Gasteiger partial charge in [-0.15, -0.1) is 11.3 Å². The number of aromatic nitrogens is 3. The molecule has 0 atom stereocenters. The van der Waals surface area contributed by atoms with Crippen LogP contribution >= 0.6 is 11.3 Å². The van der Waals surface area contributed by atoms with Crippen molar-refractivity contribution >= 4 is 28.3 Å². The molecule has 8 heteroatoms. The van der Waals surface area contributed by atoms with Crippen LogP contribution in [0.2, 0.25) is 0 Å². The summed E-state index contributed by atoms with van der Waals surface area (Å²) in [7, 11) is 0. The zero-order chi connectivity index (χ0) is 20.2. The topological polar surface area (TPSA) is 86.0 Å². The highest BCUT2D eigenvalue weighted by Crippen LogP contribution is 2.10. The van der Waals surface area contributed by atoms with Gasteiger partial charge in [-0.3, -0.25) is 18.7 Å². The van der Waals surface area contributed by atoms with E-state index in [2.05, 4.69) is 10.3 Å². The zero-order valence-corrected chi connectivity index (χ0v) is 16.3. The molecule has 0 radical (unpaired) electrons. The second kappa shape index (κ2) is 8.24. The van der Waals surface area contributed by atoms with Gasteiger partial charge in [0.1, 0.15) is 6.54 Å². The van der Waals surface area contributed by atoms with Crippen molar-refractivity contribution in [2.75, 3.05) is 0 Å². The maximum Gasteiger partial charge on any atom is 0.332 e. The van der Waals surface area contributed by atoms with Crippen LogP contribution in [0, 0.1) is 0 Å². The molecule has 146 valence electrons. The molecule has 0 fully saturated rings. The van der Waals surface area contributed by atoms with Crippen molar-refractivity contribution in [2.24, 2.45) is 0 Å². The molecule has 1 amide bonds. The Morgan fingerprint density at radius 3 is 2.59 bits per heavy atom. The number of nitrogens with one attached hydrogen (secondary N) is 1. The first-order valence-electron chi connectivity index (χ1n) is 9.05. The summed E-state index contributed by atoms with van der Waals surface area (Å²) >= 11 is 1.46. The Balaban J connectivity index is 1.68. The lowest BCUT2D eigenvalue weighted by Gasteiger charge is -2.13. The van der Waals surface area contributed by atoms with Gasteiger partial charge in [0.2, 0.25) is 5.91 Å². The summed E-state index contributed by atoms with van der Waals surface area (Å²) in [6, 6.07) is 16.5. The van der Waals surface area contributed by atoms with Gasteiger partial charge in [0.25, 0.3) is 5.56 Å². The summed E-state index contributed by atoms with van der Waals surface area (Å²) in [4.78, 5) is 43.4. The largest absolute Gasteiger partial charge is 0.350 e. The van der Waals surface area contributed by atoms with Crippen LogP contribution in [0.1, 0.15) is 10.4 Å². The SMILES string of the molecule is O=C(Cn1c(=O)n(Cc2cccs2)c(=O)c2ncccc21)NCc1ccccc1. The molecule has 1 N–H and O–H groups in total. The Morgan fingerprint density at radius 1 is 1.00 bits per heavy atom. The molecule has 0 saturated heterocycles. The van der Waals surface area contributed by atoms with E-state index in [-0.39, 0.29) is 24.5 Å². The number of pyridine rings is 1. The first-order valence-corrected chi connectivity index (χ1v) is 9.93. The zero-order valence-electron chi connectivity index (χ0n) is 15.4.